The van der Waals surface area contributed by atoms with Crippen molar-refractivity contribution in [3.8, 4) is 0 Å². The Balaban J connectivity index is 3.54. The number of thiocarbonyl (C=S) groups is 1. The zero-order valence-electron chi connectivity index (χ0n) is 7.55. The minimum Gasteiger partial charge on any atom is -0.0859 e. The molecule has 0 aromatic heterocycles. The molecule has 0 nitrogen and oxygen atoms in total. The summed E-state index contributed by atoms with van der Waals surface area (Å²) in [6.45, 7) is 6.41. The molecule has 0 radical (unpaired) electrons. The van der Waals surface area contributed by atoms with Crippen LogP contribution >= 0.6 is 12.2 Å². The number of allylic oxidation sites excluding steroid dienone is 3. The van der Waals surface area contributed by atoms with Crippen molar-refractivity contribution in [2.75, 3.05) is 0 Å². The van der Waals surface area contributed by atoms with Crippen molar-refractivity contribution in [3.63, 3.8) is 0 Å². The Morgan fingerprint density at radius 2 is 2.18 bits per heavy atom. The Morgan fingerprint density at radius 3 is 2.64 bits per heavy atom. The summed E-state index contributed by atoms with van der Waals surface area (Å²) in [5, 5.41) is 2.64. The second-order valence-corrected chi connectivity index (χ2v) is 3.36. The van der Waals surface area contributed by atoms with E-state index in [4.69, 9.17) is 0 Å². The van der Waals surface area contributed by atoms with E-state index in [-0.39, 0.29) is 0 Å². The molecule has 0 fully saturated rings. The molecule has 0 saturated heterocycles. The lowest BCUT2D eigenvalue weighted by Crippen LogP contribution is -1.87. The summed E-state index contributed by atoms with van der Waals surface area (Å²) in [5.74, 6) is 0.572. The van der Waals surface area contributed by atoms with Gasteiger partial charge in [0.25, 0.3) is 0 Å². The highest BCUT2D eigenvalue weighted by Gasteiger charge is 1.93. The van der Waals surface area contributed by atoms with Crippen LogP contribution in [0.4, 0.5) is 0 Å². The first kappa shape index (κ1) is 10.6. The zero-order chi connectivity index (χ0) is 8.69. The van der Waals surface area contributed by atoms with Gasteiger partial charge >= 0.3 is 0 Å². The van der Waals surface area contributed by atoms with E-state index < -0.39 is 0 Å². The monoisotopic (exact) mass is 168 g/mol. The molecule has 0 heterocycles. The molecule has 62 valence electrons. The summed E-state index contributed by atoms with van der Waals surface area (Å²) >= 11 is 4.61. The maximum absolute atomic E-state index is 4.61. The average molecular weight is 168 g/mol. The Hall–Kier alpha value is -0.390. The molecule has 0 aliphatic rings. The van der Waals surface area contributed by atoms with Crippen molar-refractivity contribution in [1.29, 1.82) is 0 Å². The van der Waals surface area contributed by atoms with Crippen molar-refractivity contribution in [1.82, 2.24) is 0 Å². The smallest absolute Gasteiger partial charge is 0.0174 e. The third-order valence-electron chi connectivity index (χ3n) is 1.53. The van der Waals surface area contributed by atoms with Crippen LogP contribution in [0, 0.1) is 5.92 Å². The maximum atomic E-state index is 4.61. The molecule has 0 saturated carbocycles. The van der Waals surface area contributed by atoms with Gasteiger partial charge in [-0.2, -0.15) is 0 Å². The molecule has 0 aromatic rings. The van der Waals surface area contributed by atoms with Gasteiger partial charge in [0.2, 0.25) is 0 Å². The molecule has 0 spiro atoms. The molecule has 0 aliphatic heterocycles. The van der Waals surface area contributed by atoms with Crippen LogP contribution in [-0.2, 0) is 0 Å². The summed E-state index contributed by atoms with van der Waals surface area (Å²) in [7, 11) is 0. The van der Waals surface area contributed by atoms with Gasteiger partial charge in [-0.3, -0.25) is 0 Å². The van der Waals surface area contributed by atoms with E-state index in [1.165, 1.54) is 12.0 Å². The zero-order valence-corrected chi connectivity index (χ0v) is 8.37. The van der Waals surface area contributed by atoms with Gasteiger partial charge in [-0.25, -0.2) is 0 Å². The van der Waals surface area contributed by atoms with Gasteiger partial charge in [-0.05, 0) is 50.9 Å². The molecule has 1 unspecified atom stereocenters. The van der Waals surface area contributed by atoms with Crippen molar-refractivity contribution in [3.05, 3.63) is 17.7 Å². The molecule has 1 heteroatoms. The van der Waals surface area contributed by atoms with E-state index in [0.29, 0.717) is 5.92 Å². The normalized spacial score (nSPS) is 11.5. The van der Waals surface area contributed by atoms with E-state index in [0.717, 1.165) is 6.42 Å². The van der Waals surface area contributed by atoms with Crippen LogP contribution < -0.4 is 0 Å². The summed E-state index contributed by atoms with van der Waals surface area (Å²) < 4.78 is 0. The Kier molecular flexibility index (Phi) is 6.10. The van der Waals surface area contributed by atoms with E-state index in [9.17, 15) is 0 Å². The van der Waals surface area contributed by atoms with Crippen molar-refractivity contribution >= 4 is 17.2 Å². The number of hydrogen-bond acceptors (Lipinski definition) is 1. The second kappa shape index (κ2) is 6.33. The molecule has 0 rings (SSSR count). The highest BCUT2D eigenvalue weighted by atomic mass is 32.1. The van der Waals surface area contributed by atoms with E-state index in [1.54, 1.807) is 0 Å². The molecule has 0 N–H and O–H groups in total. The van der Waals surface area contributed by atoms with Gasteiger partial charge in [0, 0.05) is 0 Å². The highest BCUT2D eigenvalue weighted by Crippen LogP contribution is 2.07. The van der Waals surface area contributed by atoms with Crippen LogP contribution in [0.25, 0.3) is 0 Å². The van der Waals surface area contributed by atoms with Gasteiger partial charge < -0.3 is 0 Å². The SMILES string of the molecule is CC(C)=CCCC(C)C=C=S. The van der Waals surface area contributed by atoms with Gasteiger partial charge in [0.05, 0.1) is 0 Å². The van der Waals surface area contributed by atoms with Crippen LogP contribution in [0.5, 0.6) is 0 Å². The topological polar surface area (TPSA) is 0 Å². The lowest BCUT2D eigenvalue weighted by Gasteiger charge is -2.00. The first-order valence-corrected chi connectivity index (χ1v) is 4.42. The Labute approximate surface area is 75.0 Å². The minimum atomic E-state index is 0.572. The number of rotatable bonds is 4. The standard InChI is InChI=1S/C10H16S/c1-9(2)5-4-6-10(3)7-8-11/h5,7,10H,4,6H2,1-3H3. The fourth-order valence-electron chi connectivity index (χ4n) is 0.834. The van der Waals surface area contributed by atoms with E-state index in [2.05, 4.69) is 44.1 Å². The quantitative estimate of drug-likeness (QED) is 0.457. The molecule has 0 aliphatic carbocycles. The number of hydrogen-bond donors (Lipinski definition) is 0. The van der Waals surface area contributed by atoms with E-state index in [1.807, 2.05) is 6.08 Å². The third-order valence-corrected chi connectivity index (χ3v) is 1.66. The average Bonchev–Trinajstić information content (AvgIpc) is 1.87. The molecule has 11 heavy (non-hydrogen) atoms. The van der Waals surface area contributed by atoms with Gasteiger partial charge in [-0.15, -0.1) is 0 Å². The van der Waals surface area contributed by atoms with E-state index >= 15 is 0 Å². The molecule has 0 aromatic carbocycles. The van der Waals surface area contributed by atoms with Crippen molar-refractivity contribution in [2.24, 2.45) is 5.92 Å². The predicted octanol–water partition coefficient (Wildman–Crippen LogP) is 3.52. The summed E-state index contributed by atoms with van der Waals surface area (Å²) in [6.07, 6.45) is 6.54. The third kappa shape index (κ3) is 7.51. The lowest BCUT2D eigenvalue weighted by atomic mass is 10.1. The summed E-state index contributed by atoms with van der Waals surface area (Å²) in [6, 6.07) is 0. The first-order valence-electron chi connectivity index (χ1n) is 4.01. The van der Waals surface area contributed by atoms with Crippen LogP contribution in [0.15, 0.2) is 17.7 Å². The van der Waals surface area contributed by atoms with Gasteiger partial charge in [0.1, 0.15) is 0 Å². The molecule has 0 bridgehead atoms. The molecule has 1 atom stereocenters. The fourth-order valence-corrected chi connectivity index (χ4v) is 1.07. The van der Waals surface area contributed by atoms with Gasteiger partial charge in [0.15, 0.2) is 0 Å². The van der Waals surface area contributed by atoms with Crippen LogP contribution in [0.1, 0.15) is 33.6 Å². The first-order chi connectivity index (χ1) is 5.16. The fraction of sp³-hybridized carbons (Fsp3) is 0.600. The molecular weight excluding hydrogens is 152 g/mol. The van der Waals surface area contributed by atoms with Crippen LogP contribution in [0.3, 0.4) is 0 Å². The van der Waals surface area contributed by atoms with Crippen molar-refractivity contribution in [2.45, 2.75) is 33.6 Å². The van der Waals surface area contributed by atoms with Gasteiger partial charge in [-0.1, -0.05) is 23.6 Å². The maximum Gasteiger partial charge on any atom is -0.0174 e. The van der Waals surface area contributed by atoms with Crippen molar-refractivity contribution < 1.29 is 0 Å². The Bertz CT molecular complexity index is 169. The minimum absolute atomic E-state index is 0.572. The summed E-state index contributed by atoms with van der Waals surface area (Å²) in [5.41, 5.74) is 1.39. The largest absolute Gasteiger partial charge is 0.0859 e. The van der Waals surface area contributed by atoms with Crippen LogP contribution in [-0.4, -0.2) is 5.02 Å². The molecule has 0 amide bonds. The Morgan fingerprint density at radius 1 is 1.55 bits per heavy atom. The highest BCUT2D eigenvalue weighted by molar-refractivity contribution is 7.78. The molecular formula is C10H16S. The van der Waals surface area contributed by atoms with Crippen LogP contribution in [0.2, 0.25) is 0 Å². The summed E-state index contributed by atoms with van der Waals surface area (Å²) in [4.78, 5) is 0. The predicted molar refractivity (Wildman–Crippen MR) is 55.0 cm³/mol. The second-order valence-electron chi connectivity index (χ2n) is 3.12. The lowest BCUT2D eigenvalue weighted by molar-refractivity contribution is 0.661.